The molecule has 10 atom stereocenters. The second kappa shape index (κ2) is 29.6. The van der Waals surface area contributed by atoms with E-state index in [0.717, 1.165) is 78.1 Å². The lowest BCUT2D eigenvalue weighted by Crippen LogP contribution is -2.57. The second-order valence-corrected chi connectivity index (χ2v) is 24.3. The molecule has 0 amide bonds. The van der Waals surface area contributed by atoms with Crippen molar-refractivity contribution >= 4 is 0 Å². The van der Waals surface area contributed by atoms with Crippen LogP contribution in [0.1, 0.15) is 135 Å². The molecule has 4 unspecified atom stereocenters. The Morgan fingerprint density at radius 1 is 0.272 bits per heavy atom. The highest BCUT2D eigenvalue weighted by atomic mass is 16.6. The molecule has 2 spiro atoms. The number of para-hydroxylation sites is 8. The summed E-state index contributed by atoms with van der Waals surface area (Å²) < 4.78 is 80.0. The fraction of sp³-hybridized carbons (Fsp3) is 0.652. The molecule has 5 saturated carbocycles. The Balaban J connectivity index is 0.943. The summed E-state index contributed by atoms with van der Waals surface area (Å²) in [5.74, 6) is 9.98. The van der Waals surface area contributed by atoms with Gasteiger partial charge in [-0.15, -0.1) is 0 Å². The maximum atomic E-state index is 7.89. The third kappa shape index (κ3) is 14.6. The van der Waals surface area contributed by atoms with Gasteiger partial charge in [0.1, 0.15) is 39.6 Å². The largest absolute Gasteiger partial charge is 0.490 e. The predicted octanol–water partition coefficient (Wildman–Crippen LogP) is 14.6. The fourth-order valence-electron chi connectivity index (χ4n) is 16.5. The molecule has 4 aromatic carbocycles. The number of ether oxygens (including phenoxy) is 12. The highest BCUT2D eigenvalue weighted by molar-refractivity contribution is 5.42. The van der Waals surface area contributed by atoms with Crippen LogP contribution < -0.4 is 37.9 Å². The first kappa shape index (κ1) is 57.9. The first-order chi connectivity index (χ1) is 40.2. The van der Waals surface area contributed by atoms with Gasteiger partial charge in [0, 0.05) is 12.8 Å². The molecule has 7 aliphatic rings. The highest BCUT2D eigenvalue weighted by Crippen LogP contribution is 2.60. The Morgan fingerprint density at radius 3 is 1.06 bits per heavy atom. The SMILES string of the molecule is c1ccc2c(c1)OCCOCCOc1ccccc1OCCC1(OCCO2)[C@H]2CCCCC[C@H](C2)C2CCC3[C@@H]4CCCCCCC(CC4)[C@@]4(CCOc5ccccc5OCCOCCOc5ccccc5OCCO4)[C@H]3CCC[C@H]21. The average Bonchev–Trinajstić information content (AvgIpc) is 3.68. The van der Waals surface area contributed by atoms with Gasteiger partial charge in [0.25, 0.3) is 0 Å². The van der Waals surface area contributed by atoms with Gasteiger partial charge in [-0.2, -0.15) is 0 Å². The van der Waals surface area contributed by atoms with E-state index in [-0.39, 0.29) is 5.60 Å². The van der Waals surface area contributed by atoms with Gasteiger partial charge in [0.15, 0.2) is 46.0 Å². The zero-order valence-corrected chi connectivity index (χ0v) is 48.5. The van der Waals surface area contributed by atoms with E-state index in [0.29, 0.717) is 140 Å². The predicted molar refractivity (Wildman–Crippen MR) is 314 cm³/mol. The van der Waals surface area contributed by atoms with Crippen LogP contribution in [0.3, 0.4) is 0 Å². The van der Waals surface area contributed by atoms with E-state index in [1.165, 1.54) is 103 Å². The summed E-state index contributed by atoms with van der Waals surface area (Å²) in [5, 5.41) is 0. The van der Waals surface area contributed by atoms with E-state index in [1.54, 1.807) is 0 Å². The molecule has 12 nitrogen and oxygen atoms in total. The van der Waals surface area contributed by atoms with Crippen molar-refractivity contribution in [2.45, 2.75) is 146 Å². The van der Waals surface area contributed by atoms with Crippen molar-refractivity contribution in [1.29, 1.82) is 0 Å². The van der Waals surface area contributed by atoms with Crippen molar-refractivity contribution < 1.29 is 56.8 Å². The Bertz CT molecular complexity index is 2500. The third-order valence-corrected chi connectivity index (χ3v) is 20.0. The van der Waals surface area contributed by atoms with Gasteiger partial charge >= 0.3 is 0 Å². The molecule has 4 aromatic rings. The second-order valence-electron chi connectivity index (χ2n) is 24.3. The summed E-state index contributed by atoms with van der Waals surface area (Å²) in [6, 6.07) is 32.3. The number of hydrogen-bond donors (Lipinski definition) is 0. The van der Waals surface area contributed by atoms with Crippen LogP contribution in [0.25, 0.3) is 0 Å². The molecule has 5 aliphatic carbocycles. The fourth-order valence-corrected chi connectivity index (χ4v) is 16.5. The van der Waals surface area contributed by atoms with Gasteiger partial charge in [-0.1, -0.05) is 113 Å². The van der Waals surface area contributed by atoms with Crippen LogP contribution in [0.2, 0.25) is 0 Å². The van der Waals surface area contributed by atoms with Crippen molar-refractivity contribution in [1.82, 2.24) is 0 Å². The maximum absolute atomic E-state index is 7.89. The van der Waals surface area contributed by atoms with Gasteiger partial charge in [0.05, 0.1) is 64.1 Å². The van der Waals surface area contributed by atoms with Crippen molar-refractivity contribution in [3.8, 4) is 46.0 Å². The zero-order valence-electron chi connectivity index (χ0n) is 48.5. The Kier molecular flexibility index (Phi) is 21.1. The van der Waals surface area contributed by atoms with E-state index in [4.69, 9.17) is 56.8 Å². The first-order valence-corrected chi connectivity index (χ1v) is 32.0. The molecular weight excluding hydrogens is 1020 g/mol. The Labute approximate surface area is 483 Å². The third-order valence-electron chi connectivity index (χ3n) is 20.0. The normalized spacial score (nSPS) is 31.9. The molecule has 12 heteroatoms. The van der Waals surface area contributed by atoms with Crippen molar-refractivity contribution in [2.24, 2.45) is 47.3 Å². The molecule has 5 fully saturated rings. The molecule has 2 aliphatic heterocycles. The molecule has 2 heterocycles. The standard InChI is InChI=1S/C69H94O12/c1-2-6-19-54-32-31-52(17-4-1)56-33-34-57-53-18-5-3-7-20-55(51-53)69(36-38-73-61-24-9-11-26-63(61)75-44-40-71-42-46-77-65-28-13-15-30-67(65)79-48-50-81-69)59(57)22-16-21-58(56)68(54)35-37-72-60-23-8-10-25-62(60)74-43-39-70-41-45-76-64-27-12-14-29-66(64)78-47-49-80-68/h8-15,23-30,52-59H,1-7,16-22,31-51H2/t52-,53-,54?,55+,56?,57?,58+,59-,68+,69?/m1/s1. The lowest BCUT2D eigenvalue weighted by molar-refractivity contribution is -0.193. The molecule has 81 heavy (non-hydrogen) atoms. The summed E-state index contributed by atoms with van der Waals surface area (Å²) >= 11 is 0. The molecule has 11 rings (SSSR count). The number of benzene rings is 4. The maximum Gasteiger partial charge on any atom is 0.161 e. The lowest BCUT2D eigenvalue weighted by Gasteiger charge is -2.57. The van der Waals surface area contributed by atoms with E-state index >= 15 is 0 Å². The molecule has 0 radical (unpaired) electrons. The molecule has 4 bridgehead atoms. The molecule has 0 N–H and O–H groups in total. The molecular formula is C69H94O12. The quantitative estimate of drug-likeness (QED) is 0.167. The van der Waals surface area contributed by atoms with Crippen LogP contribution in [0.15, 0.2) is 97.1 Å². The zero-order chi connectivity index (χ0) is 54.8. The highest BCUT2D eigenvalue weighted by Gasteiger charge is 2.58. The van der Waals surface area contributed by atoms with Gasteiger partial charge in [-0.05, 0) is 154 Å². The summed E-state index contributed by atoms with van der Waals surface area (Å²) in [5.41, 5.74) is -0.796. The van der Waals surface area contributed by atoms with Gasteiger partial charge in [-0.25, -0.2) is 0 Å². The van der Waals surface area contributed by atoms with Gasteiger partial charge in [0.2, 0.25) is 0 Å². The van der Waals surface area contributed by atoms with Crippen LogP contribution in [0.4, 0.5) is 0 Å². The van der Waals surface area contributed by atoms with Crippen LogP contribution in [0, 0.1) is 47.3 Å². The minimum atomic E-state index is -0.407. The average molecular weight is 1120 g/mol. The van der Waals surface area contributed by atoms with E-state index in [9.17, 15) is 0 Å². The monoisotopic (exact) mass is 1110 g/mol. The summed E-state index contributed by atoms with van der Waals surface area (Å²) in [4.78, 5) is 0. The van der Waals surface area contributed by atoms with Crippen LogP contribution in [-0.4, -0.2) is 104 Å². The van der Waals surface area contributed by atoms with Gasteiger partial charge < -0.3 is 56.8 Å². The first-order valence-electron chi connectivity index (χ1n) is 32.0. The lowest BCUT2D eigenvalue weighted by atomic mass is 9.53. The van der Waals surface area contributed by atoms with Crippen molar-refractivity contribution in [2.75, 3.05) is 92.5 Å². The van der Waals surface area contributed by atoms with E-state index < -0.39 is 5.60 Å². The Morgan fingerprint density at radius 2 is 0.617 bits per heavy atom. The number of fused-ring (bicyclic) bond motifs is 17. The minimum absolute atomic E-state index is 0.363. The molecule has 442 valence electrons. The summed E-state index contributed by atoms with van der Waals surface area (Å²) in [6.45, 7) is 6.40. The summed E-state index contributed by atoms with van der Waals surface area (Å²) in [6.07, 6.45) is 25.1. The smallest absolute Gasteiger partial charge is 0.161 e. The molecule has 0 aromatic heterocycles. The number of hydrogen-bond acceptors (Lipinski definition) is 12. The van der Waals surface area contributed by atoms with E-state index in [1.807, 2.05) is 78.9 Å². The van der Waals surface area contributed by atoms with Crippen LogP contribution >= 0.6 is 0 Å². The minimum Gasteiger partial charge on any atom is -0.490 e. The Hall–Kier alpha value is -4.88. The van der Waals surface area contributed by atoms with Gasteiger partial charge in [-0.3, -0.25) is 0 Å². The summed E-state index contributed by atoms with van der Waals surface area (Å²) in [7, 11) is 0. The van der Waals surface area contributed by atoms with Crippen molar-refractivity contribution in [3.63, 3.8) is 0 Å². The molecule has 0 saturated heterocycles. The topological polar surface area (TPSA) is 111 Å². The van der Waals surface area contributed by atoms with E-state index in [2.05, 4.69) is 18.2 Å². The van der Waals surface area contributed by atoms with Crippen LogP contribution in [0.5, 0.6) is 46.0 Å². The van der Waals surface area contributed by atoms with Crippen molar-refractivity contribution in [3.05, 3.63) is 97.1 Å². The number of rotatable bonds is 0. The van der Waals surface area contributed by atoms with Crippen LogP contribution in [-0.2, 0) is 18.9 Å².